The van der Waals surface area contributed by atoms with Gasteiger partial charge >= 0.3 is 0 Å². The molecular weight excluding hydrogens is 306 g/mol. The predicted molar refractivity (Wildman–Crippen MR) is 92.3 cm³/mol. The van der Waals surface area contributed by atoms with Crippen LogP contribution in [0.4, 0.5) is 5.95 Å². The standard InChI is InChI=1S/C17H27N5O2/c1-5-22-10-12(7-15(22)23)9-21(4)16(24)14-8-13(6-11(2)3)19-17(18)20-14/h8,11-12H,5-7,9-10H2,1-4H3,(H2,18,19,20)/t12-/m1/s1. The molecule has 0 unspecified atom stereocenters. The average Bonchev–Trinajstić information content (AvgIpc) is 2.84. The summed E-state index contributed by atoms with van der Waals surface area (Å²) in [5.74, 6) is 0.689. The number of carbonyl (C=O) groups is 2. The Morgan fingerprint density at radius 1 is 1.46 bits per heavy atom. The molecule has 1 fully saturated rings. The van der Waals surface area contributed by atoms with Gasteiger partial charge in [0.15, 0.2) is 0 Å². The molecule has 0 bridgehead atoms. The smallest absolute Gasteiger partial charge is 0.272 e. The van der Waals surface area contributed by atoms with E-state index in [0.29, 0.717) is 37.7 Å². The fourth-order valence-corrected chi connectivity index (χ4v) is 3.10. The van der Waals surface area contributed by atoms with Crippen molar-refractivity contribution in [1.29, 1.82) is 0 Å². The molecule has 1 aromatic rings. The molecule has 1 aliphatic heterocycles. The second-order valence-corrected chi connectivity index (χ2v) is 6.89. The molecule has 0 spiro atoms. The largest absolute Gasteiger partial charge is 0.368 e. The maximum atomic E-state index is 12.6. The van der Waals surface area contributed by atoms with Crippen molar-refractivity contribution in [2.45, 2.75) is 33.6 Å². The summed E-state index contributed by atoms with van der Waals surface area (Å²) in [6.45, 7) is 8.09. The third-order valence-corrected chi connectivity index (χ3v) is 4.19. The Labute approximate surface area is 143 Å². The van der Waals surface area contributed by atoms with Crippen LogP contribution in [0.2, 0.25) is 0 Å². The summed E-state index contributed by atoms with van der Waals surface area (Å²) in [6.07, 6.45) is 1.25. The fourth-order valence-electron chi connectivity index (χ4n) is 3.10. The van der Waals surface area contributed by atoms with Crippen molar-refractivity contribution >= 4 is 17.8 Å². The minimum atomic E-state index is -0.184. The minimum absolute atomic E-state index is 0.123. The Hall–Kier alpha value is -2.18. The number of carbonyl (C=O) groups excluding carboxylic acids is 2. The number of anilines is 1. The number of aromatic nitrogens is 2. The van der Waals surface area contributed by atoms with Gasteiger partial charge in [-0.2, -0.15) is 0 Å². The van der Waals surface area contributed by atoms with Crippen molar-refractivity contribution in [2.75, 3.05) is 32.4 Å². The van der Waals surface area contributed by atoms with Crippen LogP contribution in [0.3, 0.4) is 0 Å². The lowest BCUT2D eigenvalue weighted by Gasteiger charge is -2.21. The number of nitrogen functional groups attached to an aromatic ring is 1. The Kier molecular flexibility index (Phi) is 5.75. The molecule has 132 valence electrons. The summed E-state index contributed by atoms with van der Waals surface area (Å²) >= 11 is 0. The molecule has 1 aromatic heterocycles. The van der Waals surface area contributed by atoms with Gasteiger partial charge in [0.25, 0.3) is 5.91 Å². The van der Waals surface area contributed by atoms with Gasteiger partial charge in [0.05, 0.1) is 0 Å². The van der Waals surface area contributed by atoms with E-state index in [-0.39, 0.29) is 23.7 Å². The number of nitrogens with zero attached hydrogens (tertiary/aromatic N) is 4. The van der Waals surface area contributed by atoms with Gasteiger partial charge in [-0.15, -0.1) is 0 Å². The van der Waals surface area contributed by atoms with E-state index in [1.165, 1.54) is 0 Å². The SMILES string of the molecule is CCN1C[C@@H](CN(C)C(=O)c2cc(CC(C)C)nc(N)n2)CC1=O. The van der Waals surface area contributed by atoms with Gasteiger partial charge in [-0.05, 0) is 25.3 Å². The summed E-state index contributed by atoms with van der Waals surface area (Å²) in [6, 6.07) is 1.72. The van der Waals surface area contributed by atoms with Crippen LogP contribution in [0.1, 0.15) is 43.4 Å². The van der Waals surface area contributed by atoms with E-state index < -0.39 is 0 Å². The fraction of sp³-hybridized carbons (Fsp3) is 0.647. The molecule has 2 rings (SSSR count). The summed E-state index contributed by atoms with van der Waals surface area (Å²) < 4.78 is 0. The molecule has 7 heteroatoms. The maximum absolute atomic E-state index is 12.6. The van der Waals surface area contributed by atoms with Crippen LogP contribution in [0.5, 0.6) is 0 Å². The third kappa shape index (κ3) is 4.43. The van der Waals surface area contributed by atoms with Gasteiger partial charge < -0.3 is 15.5 Å². The zero-order valence-electron chi connectivity index (χ0n) is 15.0. The molecule has 2 N–H and O–H groups in total. The van der Waals surface area contributed by atoms with Gasteiger partial charge in [0.1, 0.15) is 5.69 Å². The zero-order chi connectivity index (χ0) is 17.9. The van der Waals surface area contributed by atoms with Crippen LogP contribution in [0, 0.1) is 11.8 Å². The highest BCUT2D eigenvalue weighted by atomic mass is 16.2. The first kappa shape index (κ1) is 18.2. The molecule has 2 amide bonds. The number of likely N-dealkylation sites (tertiary alicyclic amines) is 1. The van der Waals surface area contributed by atoms with E-state index in [1.807, 2.05) is 11.8 Å². The van der Waals surface area contributed by atoms with Crippen molar-refractivity contribution < 1.29 is 9.59 Å². The maximum Gasteiger partial charge on any atom is 0.272 e. The summed E-state index contributed by atoms with van der Waals surface area (Å²) in [7, 11) is 1.74. The van der Waals surface area contributed by atoms with Gasteiger partial charge in [-0.1, -0.05) is 13.8 Å². The monoisotopic (exact) mass is 333 g/mol. The highest BCUT2D eigenvalue weighted by Gasteiger charge is 2.30. The van der Waals surface area contributed by atoms with Crippen molar-refractivity contribution in [2.24, 2.45) is 11.8 Å². The van der Waals surface area contributed by atoms with Crippen LogP contribution in [-0.4, -0.2) is 58.3 Å². The normalized spacial score (nSPS) is 17.6. The molecule has 0 aliphatic carbocycles. The van der Waals surface area contributed by atoms with Crippen molar-refractivity contribution in [1.82, 2.24) is 19.8 Å². The number of rotatable bonds is 6. The molecule has 7 nitrogen and oxygen atoms in total. The van der Waals surface area contributed by atoms with Crippen LogP contribution in [-0.2, 0) is 11.2 Å². The lowest BCUT2D eigenvalue weighted by Crippen LogP contribution is -2.34. The molecule has 2 heterocycles. The average molecular weight is 333 g/mol. The first-order chi connectivity index (χ1) is 11.3. The van der Waals surface area contributed by atoms with Crippen LogP contribution in [0.15, 0.2) is 6.07 Å². The van der Waals surface area contributed by atoms with E-state index in [2.05, 4.69) is 23.8 Å². The van der Waals surface area contributed by atoms with Gasteiger partial charge in [-0.3, -0.25) is 9.59 Å². The number of amides is 2. The highest BCUT2D eigenvalue weighted by molar-refractivity contribution is 5.92. The van der Waals surface area contributed by atoms with Crippen molar-refractivity contribution in [3.63, 3.8) is 0 Å². The van der Waals surface area contributed by atoms with Gasteiger partial charge in [0, 0.05) is 44.7 Å². The van der Waals surface area contributed by atoms with Gasteiger partial charge in [-0.25, -0.2) is 9.97 Å². The van der Waals surface area contributed by atoms with Crippen molar-refractivity contribution in [3.8, 4) is 0 Å². The molecular formula is C17H27N5O2. The van der Waals surface area contributed by atoms with E-state index in [1.54, 1.807) is 18.0 Å². The van der Waals surface area contributed by atoms with Crippen LogP contribution in [0.25, 0.3) is 0 Å². The van der Waals surface area contributed by atoms with Crippen LogP contribution < -0.4 is 5.73 Å². The highest BCUT2D eigenvalue weighted by Crippen LogP contribution is 2.19. The number of hydrogen-bond acceptors (Lipinski definition) is 5. The summed E-state index contributed by atoms with van der Waals surface area (Å²) in [5, 5.41) is 0. The van der Waals surface area contributed by atoms with Gasteiger partial charge in [0.2, 0.25) is 11.9 Å². The van der Waals surface area contributed by atoms with E-state index in [0.717, 1.165) is 12.1 Å². The molecule has 0 radical (unpaired) electrons. The second-order valence-electron chi connectivity index (χ2n) is 6.89. The number of hydrogen-bond donors (Lipinski definition) is 1. The first-order valence-electron chi connectivity index (χ1n) is 8.46. The second kappa shape index (κ2) is 7.59. The zero-order valence-corrected chi connectivity index (χ0v) is 15.0. The summed E-state index contributed by atoms with van der Waals surface area (Å²) in [4.78, 5) is 36.2. The molecule has 1 atom stereocenters. The Morgan fingerprint density at radius 3 is 2.75 bits per heavy atom. The molecule has 0 saturated carbocycles. The van der Waals surface area contributed by atoms with E-state index >= 15 is 0 Å². The predicted octanol–water partition coefficient (Wildman–Crippen LogP) is 1.20. The Morgan fingerprint density at radius 2 is 2.17 bits per heavy atom. The lowest BCUT2D eigenvalue weighted by atomic mass is 10.1. The Bertz CT molecular complexity index is 617. The topological polar surface area (TPSA) is 92.4 Å². The van der Waals surface area contributed by atoms with Crippen molar-refractivity contribution in [3.05, 3.63) is 17.5 Å². The minimum Gasteiger partial charge on any atom is -0.368 e. The lowest BCUT2D eigenvalue weighted by molar-refractivity contribution is -0.127. The Balaban J connectivity index is 2.05. The molecule has 24 heavy (non-hydrogen) atoms. The van der Waals surface area contributed by atoms with E-state index in [9.17, 15) is 9.59 Å². The third-order valence-electron chi connectivity index (χ3n) is 4.19. The van der Waals surface area contributed by atoms with E-state index in [4.69, 9.17) is 5.73 Å². The quantitative estimate of drug-likeness (QED) is 0.844. The number of nitrogens with two attached hydrogens (primary N) is 1. The van der Waals surface area contributed by atoms with Crippen LogP contribution >= 0.6 is 0 Å². The molecule has 1 saturated heterocycles. The molecule has 1 aliphatic rings. The molecule has 0 aromatic carbocycles. The first-order valence-corrected chi connectivity index (χ1v) is 8.46. The summed E-state index contributed by atoms with van der Waals surface area (Å²) in [5.41, 5.74) is 6.84.